The van der Waals surface area contributed by atoms with Crippen LogP contribution < -0.4 is 5.73 Å². The van der Waals surface area contributed by atoms with E-state index in [4.69, 9.17) is 14.7 Å². The van der Waals surface area contributed by atoms with Crippen molar-refractivity contribution in [3.05, 3.63) is 53.9 Å². The minimum atomic E-state index is -3.78. The van der Waals surface area contributed by atoms with Crippen molar-refractivity contribution in [1.82, 2.24) is 4.98 Å². The Kier molecular flexibility index (Phi) is 5.36. The summed E-state index contributed by atoms with van der Waals surface area (Å²) < 4.78 is 35.8. The molecule has 0 spiro atoms. The van der Waals surface area contributed by atoms with Crippen LogP contribution in [0.15, 0.2) is 47.6 Å². The molecule has 0 bridgehead atoms. The molecule has 1 aliphatic heterocycles. The van der Waals surface area contributed by atoms with Gasteiger partial charge in [0.2, 0.25) is 0 Å². The van der Waals surface area contributed by atoms with Crippen molar-refractivity contribution in [1.29, 1.82) is 0 Å². The summed E-state index contributed by atoms with van der Waals surface area (Å²) in [5, 5.41) is 0. The summed E-state index contributed by atoms with van der Waals surface area (Å²) >= 11 is 0. The molecule has 1 saturated heterocycles. The van der Waals surface area contributed by atoms with Gasteiger partial charge in [-0.2, -0.15) is 8.42 Å². The first kappa shape index (κ1) is 17.8. The Balaban J connectivity index is 1.63. The summed E-state index contributed by atoms with van der Waals surface area (Å²) in [5.41, 5.74) is 8.43. The number of rotatable bonds is 5. The average molecular weight is 362 g/mol. The van der Waals surface area contributed by atoms with Crippen molar-refractivity contribution in [2.45, 2.75) is 43.3 Å². The number of hydrogen-bond acceptors (Lipinski definition) is 6. The minimum Gasteiger partial charge on any atom is -0.397 e. The Bertz CT molecular complexity index is 821. The van der Waals surface area contributed by atoms with Crippen molar-refractivity contribution in [3.8, 4) is 0 Å². The van der Waals surface area contributed by atoms with Crippen LogP contribution >= 0.6 is 0 Å². The maximum absolute atomic E-state index is 12.3. The zero-order valence-electron chi connectivity index (χ0n) is 14.1. The smallest absolute Gasteiger partial charge is 0.297 e. The summed E-state index contributed by atoms with van der Waals surface area (Å²) in [4.78, 5) is 4.14. The van der Waals surface area contributed by atoms with Gasteiger partial charge in [-0.15, -0.1) is 0 Å². The van der Waals surface area contributed by atoms with Crippen molar-refractivity contribution < 1.29 is 17.3 Å². The number of nitrogens with two attached hydrogens (primary N) is 1. The molecule has 2 atom stereocenters. The van der Waals surface area contributed by atoms with Crippen LogP contribution in [0.1, 0.15) is 36.5 Å². The molecule has 2 heterocycles. The zero-order valence-corrected chi connectivity index (χ0v) is 14.9. The van der Waals surface area contributed by atoms with E-state index in [1.54, 1.807) is 36.7 Å². The topological polar surface area (TPSA) is 91.5 Å². The molecule has 134 valence electrons. The first-order valence-corrected chi connectivity index (χ1v) is 9.67. The Morgan fingerprint density at radius 1 is 1.24 bits per heavy atom. The molecule has 0 saturated carbocycles. The van der Waals surface area contributed by atoms with Crippen LogP contribution in [0, 0.1) is 6.92 Å². The standard InChI is InChI=1S/C18H22N2O4S/c1-13-5-7-15(8-6-13)25(21,22)23-12-14-3-2-4-18(24-14)16-9-10-20-11-17(16)19/h5-11,14,18H,2-4,12,19H2,1H3/t14-,18-/m1/s1. The third kappa shape index (κ3) is 4.36. The predicted molar refractivity (Wildman–Crippen MR) is 94.4 cm³/mol. The van der Waals surface area contributed by atoms with E-state index in [2.05, 4.69) is 4.98 Å². The van der Waals surface area contributed by atoms with Crippen LogP contribution in [0.3, 0.4) is 0 Å². The van der Waals surface area contributed by atoms with Crippen LogP contribution in [-0.2, 0) is 19.0 Å². The summed E-state index contributed by atoms with van der Waals surface area (Å²) in [6, 6.07) is 8.43. The van der Waals surface area contributed by atoms with Crippen molar-refractivity contribution in [2.75, 3.05) is 12.3 Å². The van der Waals surface area contributed by atoms with Gasteiger partial charge >= 0.3 is 0 Å². The first-order chi connectivity index (χ1) is 12.0. The minimum absolute atomic E-state index is 0.00228. The number of ether oxygens (including phenoxy) is 1. The lowest BCUT2D eigenvalue weighted by atomic mass is 9.98. The highest BCUT2D eigenvalue weighted by Crippen LogP contribution is 2.34. The van der Waals surface area contributed by atoms with Crippen LogP contribution in [-0.4, -0.2) is 26.1 Å². The highest BCUT2D eigenvalue weighted by atomic mass is 32.2. The lowest BCUT2D eigenvalue weighted by Crippen LogP contribution is -2.28. The van der Waals surface area contributed by atoms with Gasteiger partial charge in [-0.1, -0.05) is 17.7 Å². The van der Waals surface area contributed by atoms with E-state index in [-0.39, 0.29) is 23.7 Å². The van der Waals surface area contributed by atoms with E-state index < -0.39 is 10.1 Å². The molecule has 1 fully saturated rings. The molecule has 0 unspecified atom stereocenters. The van der Waals surface area contributed by atoms with Crippen molar-refractivity contribution in [2.24, 2.45) is 0 Å². The van der Waals surface area contributed by atoms with Crippen molar-refractivity contribution >= 4 is 15.8 Å². The SMILES string of the molecule is Cc1ccc(S(=O)(=O)OC[C@H]2CCC[C@H](c3ccncc3N)O2)cc1. The number of nitrogens with zero attached hydrogens (tertiary/aromatic N) is 1. The number of hydrogen-bond donors (Lipinski definition) is 1. The zero-order chi connectivity index (χ0) is 17.9. The summed E-state index contributed by atoms with van der Waals surface area (Å²) in [5.74, 6) is 0. The summed E-state index contributed by atoms with van der Waals surface area (Å²) in [6.45, 7) is 1.90. The number of aromatic nitrogens is 1. The molecular formula is C18H22N2O4S. The third-order valence-corrected chi connectivity index (χ3v) is 5.60. The molecule has 1 aromatic carbocycles. The molecule has 2 aromatic rings. The predicted octanol–water partition coefficient (Wildman–Crippen LogP) is 2.99. The number of pyridine rings is 1. The van der Waals surface area contributed by atoms with Gasteiger partial charge in [0.25, 0.3) is 10.1 Å². The molecule has 3 rings (SSSR count). The summed E-state index contributed by atoms with van der Waals surface area (Å²) in [7, 11) is -3.78. The second-order valence-electron chi connectivity index (χ2n) is 6.23. The fraction of sp³-hybridized carbons (Fsp3) is 0.389. The van der Waals surface area contributed by atoms with Gasteiger partial charge in [0.1, 0.15) is 0 Å². The van der Waals surface area contributed by atoms with E-state index in [1.807, 2.05) is 13.0 Å². The number of anilines is 1. The molecule has 2 N–H and O–H groups in total. The average Bonchev–Trinajstić information content (AvgIpc) is 2.61. The fourth-order valence-electron chi connectivity index (χ4n) is 2.90. The normalized spacial score (nSPS) is 21.2. The largest absolute Gasteiger partial charge is 0.397 e. The van der Waals surface area contributed by atoms with E-state index in [9.17, 15) is 8.42 Å². The maximum Gasteiger partial charge on any atom is 0.297 e. The molecule has 25 heavy (non-hydrogen) atoms. The number of benzene rings is 1. The fourth-order valence-corrected chi connectivity index (χ4v) is 3.84. The van der Waals surface area contributed by atoms with Gasteiger partial charge in [-0.05, 0) is 44.4 Å². The highest BCUT2D eigenvalue weighted by Gasteiger charge is 2.27. The molecule has 0 amide bonds. The van der Waals surface area contributed by atoms with E-state index in [0.717, 1.165) is 30.4 Å². The van der Waals surface area contributed by atoms with E-state index in [1.165, 1.54) is 0 Å². The van der Waals surface area contributed by atoms with Gasteiger partial charge in [0, 0.05) is 11.8 Å². The van der Waals surface area contributed by atoms with Crippen LogP contribution in [0.5, 0.6) is 0 Å². The Labute approximate surface area is 148 Å². The third-order valence-electron chi connectivity index (χ3n) is 4.30. The van der Waals surface area contributed by atoms with E-state index in [0.29, 0.717) is 5.69 Å². The summed E-state index contributed by atoms with van der Waals surface area (Å²) in [6.07, 6.45) is 5.35. The molecule has 0 radical (unpaired) electrons. The second-order valence-corrected chi connectivity index (χ2v) is 7.85. The quantitative estimate of drug-likeness (QED) is 0.822. The number of nitrogen functional groups attached to an aromatic ring is 1. The Hall–Kier alpha value is -1.96. The van der Waals surface area contributed by atoms with Crippen molar-refractivity contribution in [3.63, 3.8) is 0 Å². The second kappa shape index (κ2) is 7.51. The van der Waals surface area contributed by atoms with Crippen LogP contribution in [0.4, 0.5) is 5.69 Å². The lowest BCUT2D eigenvalue weighted by Gasteiger charge is -2.30. The van der Waals surface area contributed by atoms with Gasteiger partial charge in [-0.3, -0.25) is 9.17 Å². The Morgan fingerprint density at radius 2 is 2.00 bits per heavy atom. The first-order valence-electron chi connectivity index (χ1n) is 8.26. The van der Waals surface area contributed by atoms with E-state index >= 15 is 0 Å². The molecule has 6 nitrogen and oxygen atoms in total. The molecule has 1 aliphatic rings. The molecule has 7 heteroatoms. The van der Waals surface area contributed by atoms with Gasteiger partial charge in [0.05, 0.1) is 35.6 Å². The van der Waals surface area contributed by atoms with Gasteiger partial charge < -0.3 is 10.5 Å². The molecule has 1 aromatic heterocycles. The van der Waals surface area contributed by atoms with Gasteiger partial charge in [-0.25, -0.2) is 0 Å². The molecule has 0 aliphatic carbocycles. The lowest BCUT2D eigenvalue weighted by molar-refractivity contribution is -0.0681. The molecular weight excluding hydrogens is 340 g/mol. The number of aryl methyl sites for hydroxylation is 1. The van der Waals surface area contributed by atoms with Crippen LogP contribution in [0.2, 0.25) is 0 Å². The van der Waals surface area contributed by atoms with Crippen LogP contribution in [0.25, 0.3) is 0 Å². The maximum atomic E-state index is 12.3. The van der Waals surface area contributed by atoms with Gasteiger partial charge in [0.15, 0.2) is 0 Å². The monoisotopic (exact) mass is 362 g/mol. The Morgan fingerprint density at radius 3 is 2.72 bits per heavy atom. The highest BCUT2D eigenvalue weighted by molar-refractivity contribution is 7.86.